The van der Waals surface area contributed by atoms with E-state index < -0.39 is 0 Å². The molecule has 0 aromatic heterocycles. The van der Waals surface area contributed by atoms with Crippen LogP contribution in [0.3, 0.4) is 0 Å². The summed E-state index contributed by atoms with van der Waals surface area (Å²) < 4.78 is 5.70. The molecule has 2 aromatic rings. The number of rotatable bonds is 4. The van der Waals surface area contributed by atoms with E-state index in [1.807, 2.05) is 31.2 Å². The molecule has 0 heterocycles. The van der Waals surface area contributed by atoms with Crippen LogP contribution in [-0.2, 0) is 6.61 Å². The number of ketones is 1. The lowest BCUT2D eigenvalue weighted by Gasteiger charge is -2.10. The van der Waals surface area contributed by atoms with Crippen molar-refractivity contribution < 1.29 is 9.53 Å². The summed E-state index contributed by atoms with van der Waals surface area (Å²) in [6.45, 7) is 3.98. The highest BCUT2D eigenvalue weighted by Crippen LogP contribution is 2.23. The monoisotopic (exact) mass is 255 g/mol. The summed E-state index contributed by atoms with van der Waals surface area (Å²) in [6, 6.07) is 13.2. The SMILES string of the molecule is CC(=O)c1cc(N)ccc1OCc1ccc(C)cc1. The molecule has 3 heteroatoms. The van der Waals surface area contributed by atoms with Gasteiger partial charge in [-0.15, -0.1) is 0 Å². The second-order valence-electron chi connectivity index (χ2n) is 4.59. The number of aryl methyl sites for hydroxylation is 1. The topological polar surface area (TPSA) is 52.3 Å². The number of hydrogen-bond donors (Lipinski definition) is 1. The van der Waals surface area contributed by atoms with E-state index in [1.165, 1.54) is 12.5 Å². The van der Waals surface area contributed by atoms with Crippen LogP contribution in [0.5, 0.6) is 5.75 Å². The molecule has 0 amide bonds. The van der Waals surface area contributed by atoms with Gasteiger partial charge in [-0.3, -0.25) is 4.79 Å². The van der Waals surface area contributed by atoms with E-state index >= 15 is 0 Å². The highest BCUT2D eigenvalue weighted by atomic mass is 16.5. The Labute approximate surface area is 113 Å². The number of ether oxygens (including phenoxy) is 1. The summed E-state index contributed by atoms with van der Waals surface area (Å²) in [5.74, 6) is 0.522. The van der Waals surface area contributed by atoms with E-state index in [-0.39, 0.29) is 5.78 Å². The number of nitrogen functional groups attached to an aromatic ring is 1. The van der Waals surface area contributed by atoms with Crippen LogP contribution in [0, 0.1) is 6.92 Å². The Morgan fingerprint density at radius 3 is 2.47 bits per heavy atom. The molecule has 2 N–H and O–H groups in total. The van der Waals surface area contributed by atoms with Gasteiger partial charge in [-0.25, -0.2) is 0 Å². The van der Waals surface area contributed by atoms with Crippen LogP contribution in [-0.4, -0.2) is 5.78 Å². The second kappa shape index (κ2) is 5.57. The van der Waals surface area contributed by atoms with Gasteiger partial charge < -0.3 is 10.5 Å². The van der Waals surface area contributed by atoms with Crippen molar-refractivity contribution in [2.45, 2.75) is 20.5 Å². The van der Waals surface area contributed by atoms with Gasteiger partial charge in [0.05, 0.1) is 5.56 Å². The van der Waals surface area contributed by atoms with Crippen LogP contribution < -0.4 is 10.5 Å². The summed E-state index contributed by atoms with van der Waals surface area (Å²) in [4.78, 5) is 11.5. The van der Waals surface area contributed by atoms with Crippen LogP contribution in [0.15, 0.2) is 42.5 Å². The molecule has 98 valence electrons. The lowest BCUT2D eigenvalue weighted by Crippen LogP contribution is -2.02. The van der Waals surface area contributed by atoms with E-state index in [0.29, 0.717) is 23.6 Å². The van der Waals surface area contributed by atoms with Gasteiger partial charge in [0.2, 0.25) is 0 Å². The number of anilines is 1. The van der Waals surface area contributed by atoms with Gasteiger partial charge in [0, 0.05) is 5.69 Å². The van der Waals surface area contributed by atoms with Crippen LogP contribution >= 0.6 is 0 Å². The van der Waals surface area contributed by atoms with Crippen molar-refractivity contribution >= 4 is 11.5 Å². The molecule has 3 nitrogen and oxygen atoms in total. The van der Waals surface area contributed by atoms with Crippen molar-refractivity contribution in [3.8, 4) is 5.75 Å². The van der Waals surface area contributed by atoms with Crippen molar-refractivity contribution in [2.24, 2.45) is 0 Å². The van der Waals surface area contributed by atoms with Gasteiger partial charge in [-0.05, 0) is 37.6 Å². The van der Waals surface area contributed by atoms with Gasteiger partial charge in [0.15, 0.2) is 5.78 Å². The van der Waals surface area contributed by atoms with Crippen LogP contribution in [0.1, 0.15) is 28.4 Å². The zero-order chi connectivity index (χ0) is 13.8. The Morgan fingerprint density at radius 1 is 1.16 bits per heavy atom. The smallest absolute Gasteiger partial charge is 0.163 e. The molecule has 0 unspecified atom stereocenters. The molecule has 0 atom stereocenters. The zero-order valence-corrected chi connectivity index (χ0v) is 11.1. The summed E-state index contributed by atoms with van der Waals surface area (Å²) in [5.41, 5.74) is 9.04. The lowest BCUT2D eigenvalue weighted by atomic mass is 10.1. The van der Waals surface area contributed by atoms with Crippen molar-refractivity contribution in [3.05, 3.63) is 59.2 Å². The van der Waals surface area contributed by atoms with Gasteiger partial charge in [-0.2, -0.15) is 0 Å². The minimum Gasteiger partial charge on any atom is -0.488 e. The van der Waals surface area contributed by atoms with Crippen molar-refractivity contribution in [1.82, 2.24) is 0 Å². The number of carbonyl (C=O) groups is 1. The molecule has 0 radical (unpaired) electrons. The standard InChI is InChI=1S/C16H17NO2/c1-11-3-5-13(6-4-11)10-19-16-8-7-14(17)9-15(16)12(2)18/h3-9H,10,17H2,1-2H3. The summed E-state index contributed by atoms with van der Waals surface area (Å²) in [6.07, 6.45) is 0. The molecule has 2 rings (SSSR count). The summed E-state index contributed by atoms with van der Waals surface area (Å²) in [5, 5.41) is 0. The molecule has 0 saturated carbocycles. The minimum absolute atomic E-state index is 0.0498. The number of carbonyl (C=O) groups excluding carboxylic acids is 1. The third-order valence-corrected chi connectivity index (χ3v) is 2.90. The Bertz CT molecular complexity index is 588. The zero-order valence-electron chi connectivity index (χ0n) is 11.1. The van der Waals surface area contributed by atoms with Gasteiger partial charge in [0.1, 0.15) is 12.4 Å². The minimum atomic E-state index is -0.0498. The number of hydrogen-bond acceptors (Lipinski definition) is 3. The van der Waals surface area contributed by atoms with E-state index in [0.717, 1.165) is 5.56 Å². The van der Waals surface area contributed by atoms with E-state index in [9.17, 15) is 4.79 Å². The lowest BCUT2D eigenvalue weighted by molar-refractivity contribution is 0.101. The maximum absolute atomic E-state index is 11.5. The van der Waals surface area contributed by atoms with Crippen LogP contribution in [0.4, 0.5) is 5.69 Å². The molecule has 0 aliphatic heterocycles. The number of nitrogens with two attached hydrogens (primary N) is 1. The molecule has 0 aliphatic rings. The average molecular weight is 255 g/mol. The average Bonchev–Trinajstić information content (AvgIpc) is 2.39. The predicted octanol–water partition coefficient (Wildman–Crippen LogP) is 3.36. The third kappa shape index (κ3) is 3.35. The maximum atomic E-state index is 11.5. The Balaban J connectivity index is 2.15. The van der Waals surface area contributed by atoms with Gasteiger partial charge in [0.25, 0.3) is 0 Å². The highest BCUT2D eigenvalue weighted by Gasteiger charge is 2.09. The molecule has 0 spiro atoms. The van der Waals surface area contributed by atoms with Crippen molar-refractivity contribution in [1.29, 1.82) is 0 Å². The highest BCUT2D eigenvalue weighted by molar-refractivity contribution is 5.97. The van der Waals surface area contributed by atoms with Gasteiger partial charge >= 0.3 is 0 Å². The molecule has 0 saturated heterocycles. The molecule has 0 fully saturated rings. The fraction of sp³-hybridized carbons (Fsp3) is 0.188. The van der Waals surface area contributed by atoms with E-state index in [4.69, 9.17) is 10.5 Å². The molecule has 2 aromatic carbocycles. The fourth-order valence-corrected chi connectivity index (χ4v) is 1.79. The quantitative estimate of drug-likeness (QED) is 0.673. The first kappa shape index (κ1) is 13.1. The number of Topliss-reactive ketones (excluding diaryl/α,β-unsaturated/α-hetero) is 1. The first-order chi connectivity index (χ1) is 9.06. The first-order valence-electron chi connectivity index (χ1n) is 6.15. The first-order valence-corrected chi connectivity index (χ1v) is 6.15. The summed E-state index contributed by atoms with van der Waals surface area (Å²) >= 11 is 0. The van der Waals surface area contributed by atoms with Crippen molar-refractivity contribution in [2.75, 3.05) is 5.73 Å². The summed E-state index contributed by atoms with van der Waals surface area (Å²) in [7, 11) is 0. The normalized spacial score (nSPS) is 10.2. The van der Waals surface area contributed by atoms with E-state index in [1.54, 1.807) is 18.2 Å². The Morgan fingerprint density at radius 2 is 1.84 bits per heavy atom. The Kier molecular flexibility index (Phi) is 3.85. The van der Waals surface area contributed by atoms with Crippen LogP contribution in [0.2, 0.25) is 0 Å². The molecular formula is C16H17NO2. The van der Waals surface area contributed by atoms with Crippen LogP contribution in [0.25, 0.3) is 0 Å². The fourth-order valence-electron chi connectivity index (χ4n) is 1.79. The third-order valence-electron chi connectivity index (χ3n) is 2.90. The second-order valence-corrected chi connectivity index (χ2v) is 4.59. The molecular weight excluding hydrogens is 238 g/mol. The molecule has 19 heavy (non-hydrogen) atoms. The van der Waals surface area contributed by atoms with E-state index in [2.05, 4.69) is 0 Å². The van der Waals surface area contributed by atoms with Crippen molar-refractivity contribution in [3.63, 3.8) is 0 Å². The van der Waals surface area contributed by atoms with Gasteiger partial charge in [-0.1, -0.05) is 29.8 Å². The molecule has 0 bridgehead atoms. The predicted molar refractivity (Wildman–Crippen MR) is 76.4 cm³/mol. The largest absolute Gasteiger partial charge is 0.488 e. The molecule has 0 aliphatic carbocycles. The number of benzene rings is 2. The maximum Gasteiger partial charge on any atom is 0.163 e. The Hall–Kier alpha value is -2.29.